The number of anilines is 1. The molecule has 9 heteroatoms. The fourth-order valence-corrected chi connectivity index (χ4v) is 3.17. The minimum atomic E-state index is -4.75. The summed E-state index contributed by atoms with van der Waals surface area (Å²) in [6, 6.07) is 4.99. The van der Waals surface area contributed by atoms with E-state index >= 15 is 0 Å². The molecule has 28 heavy (non-hydrogen) atoms. The van der Waals surface area contributed by atoms with Gasteiger partial charge in [-0.2, -0.15) is 0 Å². The van der Waals surface area contributed by atoms with Gasteiger partial charge in [-0.25, -0.2) is 0 Å². The van der Waals surface area contributed by atoms with Crippen molar-refractivity contribution in [2.75, 3.05) is 38.0 Å². The van der Waals surface area contributed by atoms with Crippen LogP contribution in [0.4, 0.5) is 18.9 Å². The number of carbonyl (C=O) groups is 2. The molecular weight excluding hydrogens is 375 g/mol. The second-order valence-corrected chi connectivity index (χ2v) is 6.74. The maximum Gasteiger partial charge on any atom is 0.573 e. The van der Waals surface area contributed by atoms with E-state index in [4.69, 9.17) is 0 Å². The number of alkyl halides is 3. The molecule has 1 aliphatic rings. The molecule has 1 heterocycles. The van der Waals surface area contributed by atoms with E-state index in [9.17, 15) is 22.8 Å². The van der Waals surface area contributed by atoms with Gasteiger partial charge in [0.05, 0.1) is 6.54 Å². The number of piperazine rings is 1. The van der Waals surface area contributed by atoms with Gasteiger partial charge in [-0.05, 0) is 37.1 Å². The van der Waals surface area contributed by atoms with Gasteiger partial charge in [0.25, 0.3) is 0 Å². The first kappa shape index (κ1) is 22.0. The Labute approximate surface area is 162 Å². The molecule has 6 nitrogen and oxygen atoms in total. The number of benzene rings is 1. The van der Waals surface area contributed by atoms with E-state index in [0.29, 0.717) is 31.9 Å². The summed E-state index contributed by atoms with van der Waals surface area (Å²) in [7, 11) is 0. The predicted molar refractivity (Wildman–Crippen MR) is 98.8 cm³/mol. The standard InChI is InChI=1S/C19H26F3N3O3/c1-3-14(4-2)18(27)25-11-9-24(10-12-25)13-17(26)23-15-5-7-16(8-6-15)28-19(20,21)22/h5-8,14H,3-4,9-13H2,1-2H3,(H,23,26). The number of nitrogens with one attached hydrogen (secondary N) is 1. The molecule has 0 spiro atoms. The van der Waals surface area contributed by atoms with Crippen LogP contribution in [0.25, 0.3) is 0 Å². The number of nitrogens with zero attached hydrogens (tertiary/aromatic N) is 2. The van der Waals surface area contributed by atoms with Gasteiger partial charge in [0.2, 0.25) is 11.8 Å². The highest BCUT2D eigenvalue weighted by molar-refractivity contribution is 5.92. The molecule has 2 rings (SSSR count). The minimum absolute atomic E-state index is 0.0548. The topological polar surface area (TPSA) is 61.9 Å². The lowest BCUT2D eigenvalue weighted by molar-refractivity contribution is -0.274. The second-order valence-electron chi connectivity index (χ2n) is 6.74. The van der Waals surface area contributed by atoms with E-state index in [-0.39, 0.29) is 30.0 Å². The van der Waals surface area contributed by atoms with E-state index in [1.54, 1.807) is 0 Å². The van der Waals surface area contributed by atoms with Crippen LogP contribution in [0.1, 0.15) is 26.7 Å². The molecule has 1 aromatic rings. The minimum Gasteiger partial charge on any atom is -0.406 e. The Balaban J connectivity index is 1.78. The Bertz CT molecular complexity index is 653. The fourth-order valence-electron chi connectivity index (χ4n) is 3.17. The maximum atomic E-state index is 12.4. The Kier molecular flexibility index (Phi) is 7.68. The van der Waals surface area contributed by atoms with Gasteiger partial charge in [-0.15, -0.1) is 13.2 Å². The average molecular weight is 401 g/mol. The molecule has 2 amide bonds. The third-order valence-corrected chi connectivity index (χ3v) is 4.76. The highest BCUT2D eigenvalue weighted by Gasteiger charge is 2.31. The van der Waals surface area contributed by atoms with Crippen LogP contribution in [0.15, 0.2) is 24.3 Å². The van der Waals surface area contributed by atoms with E-state index in [2.05, 4.69) is 10.1 Å². The van der Waals surface area contributed by atoms with Crippen molar-refractivity contribution in [3.05, 3.63) is 24.3 Å². The van der Waals surface area contributed by atoms with Crippen molar-refractivity contribution in [3.8, 4) is 5.75 Å². The van der Waals surface area contributed by atoms with E-state index in [1.165, 1.54) is 12.1 Å². The van der Waals surface area contributed by atoms with E-state index in [0.717, 1.165) is 25.0 Å². The van der Waals surface area contributed by atoms with Crippen molar-refractivity contribution in [2.45, 2.75) is 33.1 Å². The number of ether oxygens (including phenoxy) is 1. The third kappa shape index (κ3) is 6.70. The number of hydrogen-bond donors (Lipinski definition) is 1. The summed E-state index contributed by atoms with van der Waals surface area (Å²) in [6.07, 6.45) is -3.10. The summed E-state index contributed by atoms with van der Waals surface area (Å²) in [6.45, 7) is 6.57. The lowest BCUT2D eigenvalue weighted by Gasteiger charge is -2.35. The van der Waals surface area contributed by atoms with Crippen LogP contribution in [0.2, 0.25) is 0 Å². The molecule has 0 atom stereocenters. The average Bonchev–Trinajstić information content (AvgIpc) is 2.63. The van der Waals surface area contributed by atoms with Crippen LogP contribution < -0.4 is 10.1 Å². The number of amides is 2. The second kappa shape index (κ2) is 9.77. The monoisotopic (exact) mass is 401 g/mol. The van der Waals surface area contributed by atoms with Crippen molar-refractivity contribution >= 4 is 17.5 Å². The molecular formula is C19H26F3N3O3. The highest BCUT2D eigenvalue weighted by atomic mass is 19.4. The Morgan fingerprint density at radius 3 is 2.14 bits per heavy atom. The molecule has 0 radical (unpaired) electrons. The van der Waals surface area contributed by atoms with Crippen molar-refractivity contribution in [1.29, 1.82) is 0 Å². The first-order valence-electron chi connectivity index (χ1n) is 9.38. The summed E-state index contributed by atoms with van der Waals surface area (Å²) in [4.78, 5) is 28.4. The maximum absolute atomic E-state index is 12.4. The smallest absolute Gasteiger partial charge is 0.406 e. The molecule has 1 N–H and O–H groups in total. The zero-order chi connectivity index (χ0) is 20.7. The van der Waals surface area contributed by atoms with Gasteiger partial charge >= 0.3 is 6.36 Å². The normalized spacial score (nSPS) is 15.6. The Hall–Kier alpha value is -2.29. The molecule has 0 bridgehead atoms. The SMILES string of the molecule is CCC(CC)C(=O)N1CCN(CC(=O)Nc2ccc(OC(F)(F)F)cc2)CC1. The number of hydrogen-bond acceptors (Lipinski definition) is 4. The summed E-state index contributed by atoms with van der Waals surface area (Å²) >= 11 is 0. The zero-order valence-electron chi connectivity index (χ0n) is 16.1. The third-order valence-electron chi connectivity index (χ3n) is 4.76. The molecule has 156 valence electrons. The highest BCUT2D eigenvalue weighted by Crippen LogP contribution is 2.24. The van der Waals surface area contributed by atoms with Gasteiger partial charge in [-0.1, -0.05) is 13.8 Å². The Morgan fingerprint density at radius 2 is 1.64 bits per heavy atom. The van der Waals surface area contributed by atoms with Crippen LogP contribution >= 0.6 is 0 Å². The Morgan fingerprint density at radius 1 is 1.07 bits per heavy atom. The fraction of sp³-hybridized carbons (Fsp3) is 0.579. The van der Waals surface area contributed by atoms with Crippen LogP contribution in [-0.2, 0) is 9.59 Å². The molecule has 0 unspecified atom stereocenters. The van der Waals surface area contributed by atoms with Crippen molar-refractivity contribution in [3.63, 3.8) is 0 Å². The van der Waals surface area contributed by atoms with Gasteiger partial charge in [0.15, 0.2) is 0 Å². The first-order chi connectivity index (χ1) is 13.2. The van der Waals surface area contributed by atoms with Gasteiger partial charge in [0.1, 0.15) is 5.75 Å². The molecule has 1 saturated heterocycles. The first-order valence-corrected chi connectivity index (χ1v) is 9.38. The zero-order valence-corrected chi connectivity index (χ0v) is 16.1. The molecule has 0 saturated carbocycles. The molecule has 1 aliphatic heterocycles. The van der Waals surface area contributed by atoms with Gasteiger partial charge in [-0.3, -0.25) is 14.5 Å². The van der Waals surface area contributed by atoms with Gasteiger partial charge in [0, 0.05) is 37.8 Å². The molecule has 1 fully saturated rings. The quantitative estimate of drug-likeness (QED) is 0.763. The van der Waals surface area contributed by atoms with Gasteiger partial charge < -0.3 is 15.0 Å². The molecule has 1 aromatic carbocycles. The number of rotatable bonds is 7. The van der Waals surface area contributed by atoms with Crippen molar-refractivity contribution in [1.82, 2.24) is 9.80 Å². The summed E-state index contributed by atoms with van der Waals surface area (Å²) in [5.74, 6) is -0.373. The number of carbonyl (C=O) groups excluding carboxylic acids is 2. The van der Waals surface area contributed by atoms with Crippen LogP contribution in [0.3, 0.4) is 0 Å². The van der Waals surface area contributed by atoms with Crippen LogP contribution in [0.5, 0.6) is 5.75 Å². The van der Waals surface area contributed by atoms with Crippen molar-refractivity contribution in [2.24, 2.45) is 5.92 Å². The summed E-state index contributed by atoms with van der Waals surface area (Å²) in [5, 5.41) is 2.65. The summed E-state index contributed by atoms with van der Waals surface area (Å²) < 4.78 is 40.2. The lowest BCUT2D eigenvalue weighted by atomic mass is 10.0. The van der Waals surface area contributed by atoms with Crippen LogP contribution in [0, 0.1) is 5.92 Å². The largest absolute Gasteiger partial charge is 0.573 e. The molecule has 0 aromatic heterocycles. The predicted octanol–water partition coefficient (Wildman–Crippen LogP) is 3.10. The lowest BCUT2D eigenvalue weighted by Crippen LogP contribution is -2.51. The van der Waals surface area contributed by atoms with Crippen molar-refractivity contribution < 1.29 is 27.5 Å². The summed E-state index contributed by atoms with van der Waals surface area (Å²) in [5.41, 5.74) is 0.391. The van der Waals surface area contributed by atoms with Crippen LogP contribution in [-0.4, -0.2) is 60.7 Å². The molecule has 0 aliphatic carbocycles. The number of halogens is 3. The van der Waals surface area contributed by atoms with E-state index in [1.807, 2.05) is 23.6 Å². The van der Waals surface area contributed by atoms with E-state index < -0.39 is 6.36 Å².